The van der Waals surface area contributed by atoms with Crippen LogP contribution < -0.4 is 0 Å². The van der Waals surface area contributed by atoms with Crippen molar-refractivity contribution in [2.24, 2.45) is 5.16 Å². The average molecular weight is 327 g/mol. The molecule has 0 bridgehead atoms. The zero-order valence-corrected chi connectivity index (χ0v) is 15.1. The molecular formula is C20H25NO3. The van der Waals surface area contributed by atoms with Crippen LogP contribution in [0, 0.1) is 11.8 Å². The average Bonchev–Trinajstić information content (AvgIpc) is 2.94. The molecule has 1 atom stereocenters. The fraction of sp³-hybridized carbons (Fsp3) is 0.500. The molecule has 1 aromatic rings. The van der Waals surface area contributed by atoms with Crippen molar-refractivity contribution < 1.29 is 14.4 Å². The third-order valence-electron chi connectivity index (χ3n) is 3.76. The topological polar surface area (TPSA) is 47.9 Å². The van der Waals surface area contributed by atoms with Crippen molar-refractivity contribution in [3.8, 4) is 11.8 Å². The number of rotatable bonds is 4. The van der Waals surface area contributed by atoms with Gasteiger partial charge in [-0.15, -0.1) is 0 Å². The molecule has 0 N–H and O–H groups in total. The molecular weight excluding hydrogens is 302 g/mol. The lowest BCUT2D eigenvalue weighted by Gasteiger charge is -2.17. The Bertz CT molecular complexity index is 675. The van der Waals surface area contributed by atoms with E-state index in [1.54, 1.807) is 13.8 Å². The van der Waals surface area contributed by atoms with E-state index in [0.717, 1.165) is 17.7 Å². The van der Waals surface area contributed by atoms with Gasteiger partial charge in [0.05, 0.1) is 5.71 Å². The van der Waals surface area contributed by atoms with Crippen molar-refractivity contribution in [2.45, 2.75) is 65.1 Å². The summed E-state index contributed by atoms with van der Waals surface area (Å²) in [5.74, 6) is 6.20. The van der Waals surface area contributed by atoms with Crippen molar-refractivity contribution in [1.29, 1.82) is 0 Å². The van der Waals surface area contributed by atoms with Crippen LogP contribution in [-0.4, -0.2) is 23.4 Å². The van der Waals surface area contributed by atoms with Crippen LogP contribution in [-0.2, 0) is 14.4 Å². The van der Waals surface area contributed by atoms with Crippen LogP contribution in [0.2, 0.25) is 0 Å². The van der Waals surface area contributed by atoms with Gasteiger partial charge in [-0.1, -0.05) is 55.1 Å². The lowest BCUT2D eigenvalue weighted by molar-refractivity contribution is -0.148. The third kappa shape index (κ3) is 5.13. The Balaban J connectivity index is 1.90. The van der Waals surface area contributed by atoms with Gasteiger partial charge in [0, 0.05) is 19.8 Å². The molecule has 128 valence electrons. The summed E-state index contributed by atoms with van der Waals surface area (Å²) in [5, 5.41) is 4.19. The molecule has 1 aliphatic rings. The molecule has 2 rings (SSSR count). The number of carbonyl (C=O) groups excluding carboxylic acids is 1. The molecule has 0 amide bonds. The van der Waals surface area contributed by atoms with Crippen molar-refractivity contribution in [3.05, 3.63) is 35.4 Å². The van der Waals surface area contributed by atoms with Gasteiger partial charge in [0.1, 0.15) is 6.10 Å². The molecule has 24 heavy (non-hydrogen) atoms. The van der Waals surface area contributed by atoms with Crippen LogP contribution in [0.25, 0.3) is 0 Å². The number of carbonyl (C=O) groups is 1. The molecule has 0 aliphatic carbocycles. The Kier molecular flexibility index (Phi) is 5.66. The van der Waals surface area contributed by atoms with E-state index in [1.807, 2.05) is 0 Å². The summed E-state index contributed by atoms with van der Waals surface area (Å²) in [5.41, 5.74) is 2.58. The van der Waals surface area contributed by atoms with E-state index in [-0.39, 0.29) is 12.1 Å². The number of nitrogens with zero attached hydrogens (tertiary/aromatic N) is 1. The van der Waals surface area contributed by atoms with Gasteiger partial charge in [-0.05, 0) is 30.9 Å². The fourth-order valence-electron chi connectivity index (χ4n) is 2.53. The Morgan fingerprint density at radius 1 is 1.38 bits per heavy atom. The summed E-state index contributed by atoms with van der Waals surface area (Å²) in [7, 11) is 0. The number of ether oxygens (including phenoxy) is 1. The van der Waals surface area contributed by atoms with Crippen molar-refractivity contribution in [1.82, 2.24) is 0 Å². The minimum atomic E-state index is -0.777. The number of hydrogen-bond acceptors (Lipinski definition) is 4. The second-order valence-corrected chi connectivity index (χ2v) is 6.86. The maximum absolute atomic E-state index is 11.0. The first-order chi connectivity index (χ1) is 11.3. The van der Waals surface area contributed by atoms with Crippen molar-refractivity contribution >= 4 is 11.7 Å². The molecule has 4 heteroatoms. The van der Waals surface area contributed by atoms with E-state index in [0.29, 0.717) is 12.3 Å². The monoisotopic (exact) mass is 327 g/mol. The number of oxime groups is 1. The van der Waals surface area contributed by atoms with Gasteiger partial charge in [0.2, 0.25) is 0 Å². The lowest BCUT2D eigenvalue weighted by Crippen LogP contribution is -2.24. The predicted molar refractivity (Wildman–Crippen MR) is 94.8 cm³/mol. The first-order valence-corrected chi connectivity index (χ1v) is 8.29. The minimum absolute atomic E-state index is 0.0506. The molecule has 1 aromatic carbocycles. The molecule has 1 unspecified atom stereocenters. The van der Waals surface area contributed by atoms with Gasteiger partial charge in [-0.3, -0.25) is 4.79 Å². The van der Waals surface area contributed by atoms with Crippen LogP contribution in [0.3, 0.4) is 0 Å². The Hall–Kier alpha value is -2.28. The van der Waals surface area contributed by atoms with Crippen molar-refractivity contribution in [3.63, 3.8) is 0 Å². The van der Waals surface area contributed by atoms with Crippen LogP contribution in [0.5, 0.6) is 0 Å². The van der Waals surface area contributed by atoms with Gasteiger partial charge in [-0.2, -0.15) is 0 Å². The molecule has 0 spiro atoms. The van der Waals surface area contributed by atoms with Gasteiger partial charge in [0.25, 0.3) is 0 Å². The van der Waals surface area contributed by atoms with Crippen LogP contribution in [0.1, 0.15) is 64.5 Å². The first-order valence-electron chi connectivity index (χ1n) is 8.29. The summed E-state index contributed by atoms with van der Waals surface area (Å²) in [6.07, 6.45) is 1.25. The molecule has 4 nitrogen and oxygen atoms in total. The van der Waals surface area contributed by atoms with Gasteiger partial charge >= 0.3 is 5.97 Å². The maximum Gasteiger partial charge on any atom is 0.304 e. The van der Waals surface area contributed by atoms with E-state index < -0.39 is 5.60 Å². The molecule has 0 aromatic heterocycles. The third-order valence-corrected chi connectivity index (χ3v) is 3.76. The SMILES string of the molecule is CC(=O)OC(C)(C)C#CCC1CC(c2ccc(C(C)C)cc2)=NO1. The van der Waals surface area contributed by atoms with E-state index >= 15 is 0 Å². The van der Waals surface area contributed by atoms with E-state index in [2.05, 4.69) is 55.1 Å². The largest absolute Gasteiger partial charge is 0.447 e. The summed E-state index contributed by atoms with van der Waals surface area (Å²) in [6.45, 7) is 9.28. The standard InChI is InChI=1S/C20H25NO3/c1-14(2)16-8-10-17(11-9-16)19-13-18(24-21-19)7-6-12-20(4,5)23-15(3)22/h8-11,14,18H,7,13H2,1-5H3. The Morgan fingerprint density at radius 3 is 2.62 bits per heavy atom. The molecule has 0 radical (unpaired) electrons. The highest BCUT2D eigenvalue weighted by molar-refractivity contribution is 6.01. The first kappa shape index (κ1) is 18.1. The predicted octanol–water partition coefficient (Wildman–Crippen LogP) is 4.04. The van der Waals surface area contributed by atoms with Crippen molar-refractivity contribution in [2.75, 3.05) is 0 Å². The highest BCUT2D eigenvalue weighted by atomic mass is 16.6. The Morgan fingerprint density at radius 2 is 2.04 bits per heavy atom. The van der Waals surface area contributed by atoms with Gasteiger partial charge in [-0.25, -0.2) is 0 Å². The lowest BCUT2D eigenvalue weighted by atomic mass is 9.98. The van der Waals surface area contributed by atoms with Crippen LogP contribution >= 0.6 is 0 Å². The number of benzene rings is 1. The Labute approximate surface area is 144 Å². The normalized spacial score (nSPS) is 16.9. The number of esters is 1. The number of hydrogen-bond donors (Lipinski definition) is 0. The summed E-state index contributed by atoms with van der Waals surface area (Å²) >= 11 is 0. The minimum Gasteiger partial charge on any atom is -0.447 e. The molecule has 1 heterocycles. The molecule has 0 fully saturated rings. The zero-order chi connectivity index (χ0) is 17.7. The second kappa shape index (κ2) is 7.53. The molecule has 0 saturated heterocycles. The summed E-state index contributed by atoms with van der Waals surface area (Å²) < 4.78 is 5.14. The van der Waals surface area contributed by atoms with Gasteiger partial charge in [0.15, 0.2) is 5.60 Å². The van der Waals surface area contributed by atoms with Crippen LogP contribution in [0.4, 0.5) is 0 Å². The highest BCUT2D eigenvalue weighted by Gasteiger charge is 2.22. The maximum atomic E-state index is 11.0. The fourth-order valence-corrected chi connectivity index (χ4v) is 2.53. The highest BCUT2D eigenvalue weighted by Crippen LogP contribution is 2.21. The quantitative estimate of drug-likeness (QED) is 0.619. The zero-order valence-electron chi connectivity index (χ0n) is 15.1. The van der Waals surface area contributed by atoms with E-state index in [1.165, 1.54) is 12.5 Å². The molecule has 0 saturated carbocycles. The summed E-state index contributed by atoms with van der Waals surface area (Å²) in [6, 6.07) is 8.46. The van der Waals surface area contributed by atoms with Gasteiger partial charge < -0.3 is 9.57 Å². The second-order valence-electron chi connectivity index (χ2n) is 6.86. The van der Waals surface area contributed by atoms with Crippen LogP contribution in [0.15, 0.2) is 29.4 Å². The summed E-state index contributed by atoms with van der Waals surface area (Å²) in [4.78, 5) is 16.5. The van der Waals surface area contributed by atoms with E-state index in [4.69, 9.17) is 9.57 Å². The molecule has 1 aliphatic heterocycles. The smallest absolute Gasteiger partial charge is 0.304 e. The van der Waals surface area contributed by atoms with E-state index in [9.17, 15) is 4.79 Å².